The highest BCUT2D eigenvalue weighted by Gasteiger charge is 2.36. The maximum Gasteiger partial charge on any atom is 0.220 e. The SMILES string of the molecule is CCC(CCN)CCC(=O)NC1CC1CC. The fourth-order valence-corrected chi connectivity index (χ4v) is 2.28. The van der Waals surface area contributed by atoms with Gasteiger partial charge in [-0.05, 0) is 37.6 Å². The van der Waals surface area contributed by atoms with Gasteiger partial charge in [0.15, 0.2) is 0 Å². The number of carbonyl (C=O) groups excluding carboxylic acids is 1. The fourth-order valence-electron chi connectivity index (χ4n) is 2.28. The number of nitrogens with two attached hydrogens (primary N) is 1. The summed E-state index contributed by atoms with van der Waals surface area (Å²) >= 11 is 0. The molecule has 1 fully saturated rings. The quantitative estimate of drug-likeness (QED) is 0.665. The molecule has 0 spiro atoms. The Morgan fingerprint density at radius 1 is 1.44 bits per heavy atom. The summed E-state index contributed by atoms with van der Waals surface area (Å²) in [5.41, 5.74) is 5.54. The molecule has 3 unspecified atom stereocenters. The average molecular weight is 226 g/mol. The van der Waals surface area contributed by atoms with Crippen molar-refractivity contribution in [3.05, 3.63) is 0 Å². The second-order valence-corrected chi connectivity index (χ2v) is 4.97. The minimum atomic E-state index is 0.233. The van der Waals surface area contributed by atoms with Gasteiger partial charge in [-0.1, -0.05) is 26.7 Å². The highest BCUT2D eigenvalue weighted by molar-refractivity contribution is 5.76. The number of rotatable bonds is 8. The Labute approximate surface area is 99.2 Å². The van der Waals surface area contributed by atoms with Crippen LogP contribution >= 0.6 is 0 Å². The lowest BCUT2D eigenvalue weighted by atomic mass is 9.96. The first-order valence-electron chi connectivity index (χ1n) is 6.70. The molecule has 1 saturated carbocycles. The maximum atomic E-state index is 11.6. The topological polar surface area (TPSA) is 55.1 Å². The van der Waals surface area contributed by atoms with Gasteiger partial charge in [0.05, 0.1) is 0 Å². The van der Waals surface area contributed by atoms with Crippen LogP contribution in [0.25, 0.3) is 0 Å². The van der Waals surface area contributed by atoms with Gasteiger partial charge in [0, 0.05) is 12.5 Å². The molecule has 0 radical (unpaired) electrons. The van der Waals surface area contributed by atoms with Crippen LogP contribution in [0.15, 0.2) is 0 Å². The van der Waals surface area contributed by atoms with Gasteiger partial charge in [0.1, 0.15) is 0 Å². The molecule has 1 aliphatic carbocycles. The summed E-state index contributed by atoms with van der Waals surface area (Å²) in [5.74, 6) is 1.60. The van der Waals surface area contributed by atoms with Gasteiger partial charge in [-0.15, -0.1) is 0 Å². The van der Waals surface area contributed by atoms with Crippen LogP contribution in [0.4, 0.5) is 0 Å². The molecule has 3 heteroatoms. The van der Waals surface area contributed by atoms with Crippen molar-refractivity contribution in [1.29, 1.82) is 0 Å². The zero-order chi connectivity index (χ0) is 12.0. The summed E-state index contributed by atoms with van der Waals surface area (Å²) in [6.45, 7) is 5.10. The lowest BCUT2D eigenvalue weighted by molar-refractivity contribution is -0.121. The van der Waals surface area contributed by atoms with Crippen molar-refractivity contribution in [3.63, 3.8) is 0 Å². The van der Waals surface area contributed by atoms with Crippen LogP contribution in [0.3, 0.4) is 0 Å². The van der Waals surface area contributed by atoms with E-state index in [0.29, 0.717) is 18.4 Å². The van der Waals surface area contributed by atoms with Crippen LogP contribution < -0.4 is 11.1 Å². The van der Waals surface area contributed by atoms with Crippen molar-refractivity contribution in [2.45, 2.75) is 58.4 Å². The number of amides is 1. The van der Waals surface area contributed by atoms with E-state index >= 15 is 0 Å². The zero-order valence-electron chi connectivity index (χ0n) is 10.7. The first kappa shape index (κ1) is 13.5. The molecule has 3 nitrogen and oxygen atoms in total. The van der Waals surface area contributed by atoms with E-state index in [1.165, 1.54) is 12.8 Å². The Kier molecular flexibility index (Phi) is 5.81. The Bertz CT molecular complexity index is 218. The van der Waals surface area contributed by atoms with Gasteiger partial charge in [-0.3, -0.25) is 4.79 Å². The lowest BCUT2D eigenvalue weighted by Crippen LogP contribution is -2.27. The van der Waals surface area contributed by atoms with Gasteiger partial charge in [0.25, 0.3) is 0 Å². The van der Waals surface area contributed by atoms with Crippen LogP contribution in [0.1, 0.15) is 52.4 Å². The summed E-state index contributed by atoms with van der Waals surface area (Å²) in [6, 6.07) is 0.479. The normalized spacial score (nSPS) is 25.2. The molecule has 1 amide bonds. The molecular formula is C13H26N2O. The Hall–Kier alpha value is -0.570. The van der Waals surface area contributed by atoms with Crippen molar-refractivity contribution in [2.24, 2.45) is 17.6 Å². The molecule has 94 valence electrons. The van der Waals surface area contributed by atoms with E-state index < -0.39 is 0 Å². The molecule has 16 heavy (non-hydrogen) atoms. The smallest absolute Gasteiger partial charge is 0.220 e. The molecule has 1 aliphatic rings. The van der Waals surface area contributed by atoms with Crippen LogP contribution in [0.2, 0.25) is 0 Å². The first-order chi connectivity index (χ1) is 7.71. The largest absolute Gasteiger partial charge is 0.353 e. The van der Waals surface area contributed by atoms with Crippen LogP contribution in [0, 0.1) is 11.8 Å². The van der Waals surface area contributed by atoms with E-state index in [1.54, 1.807) is 0 Å². The molecule has 0 heterocycles. The standard InChI is InChI=1S/C13H26N2O/c1-3-10(7-8-14)5-6-13(16)15-12-9-11(12)4-2/h10-12H,3-9,14H2,1-2H3,(H,15,16). The Balaban J connectivity index is 2.09. The summed E-state index contributed by atoms with van der Waals surface area (Å²) in [7, 11) is 0. The van der Waals surface area contributed by atoms with E-state index in [0.717, 1.165) is 31.7 Å². The summed E-state index contributed by atoms with van der Waals surface area (Å²) < 4.78 is 0. The van der Waals surface area contributed by atoms with Gasteiger partial charge in [-0.25, -0.2) is 0 Å². The highest BCUT2D eigenvalue weighted by atomic mass is 16.1. The number of hydrogen-bond donors (Lipinski definition) is 2. The maximum absolute atomic E-state index is 11.6. The third kappa shape index (κ3) is 4.52. The van der Waals surface area contributed by atoms with E-state index in [-0.39, 0.29) is 5.91 Å². The Morgan fingerprint density at radius 2 is 2.19 bits per heavy atom. The van der Waals surface area contributed by atoms with Gasteiger partial charge in [-0.2, -0.15) is 0 Å². The molecule has 0 aliphatic heterocycles. The molecule has 1 rings (SSSR count). The van der Waals surface area contributed by atoms with E-state index in [9.17, 15) is 4.79 Å². The molecule has 3 atom stereocenters. The van der Waals surface area contributed by atoms with E-state index in [2.05, 4.69) is 19.2 Å². The van der Waals surface area contributed by atoms with E-state index in [4.69, 9.17) is 5.73 Å². The van der Waals surface area contributed by atoms with Crippen LogP contribution in [0.5, 0.6) is 0 Å². The Morgan fingerprint density at radius 3 is 2.69 bits per heavy atom. The minimum Gasteiger partial charge on any atom is -0.353 e. The van der Waals surface area contributed by atoms with Crippen molar-refractivity contribution in [3.8, 4) is 0 Å². The predicted molar refractivity (Wildman–Crippen MR) is 67.0 cm³/mol. The summed E-state index contributed by atoms with van der Waals surface area (Å²) in [6.07, 6.45) is 6.21. The van der Waals surface area contributed by atoms with Crippen molar-refractivity contribution >= 4 is 5.91 Å². The van der Waals surface area contributed by atoms with Gasteiger partial charge in [0.2, 0.25) is 5.91 Å². The zero-order valence-corrected chi connectivity index (χ0v) is 10.7. The third-order valence-corrected chi connectivity index (χ3v) is 3.73. The highest BCUT2D eigenvalue weighted by Crippen LogP contribution is 2.33. The second-order valence-electron chi connectivity index (χ2n) is 4.97. The van der Waals surface area contributed by atoms with Crippen LogP contribution in [-0.4, -0.2) is 18.5 Å². The molecule has 0 aromatic rings. The molecule has 0 bridgehead atoms. The van der Waals surface area contributed by atoms with Crippen molar-refractivity contribution in [2.75, 3.05) is 6.54 Å². The third-order valence-electron chi connectivity index (χ3n) is 3.73. The molecule has 3 N–H and O–H groups in total. The van der Waals surface area contributed by atoms with Crippen LogP contribution in [-0.2, 0) is 4.79 Å². The van der Waals surface area contributed by atoms with Crippen molar-refractivity contribution in [1.82, 2.24) is 5.32 Å². The second kappa shape index (κ2) is 6.89. The summed E-state index contributed by atoms with van der Waals surface area (Å²) in [4.78, 5) is 11.6. The molecule has 0 aromatic heterocycles. The first-order valence-corrected chi connectivity index (χ1v) is 6.70. The minimum absolute atomic E-state index is 0.233. The van der Waals surface area contributed by atoms with Gasteiger partial charge < -0.3 is 11.1 Å². The molecular weight excluding hydrogens is 200 g/mol. The number of hydrogen-bond acceptors (Lipinski definition) is 2. The monoisotopic (exact) mass is 226 g/mol. The summed E-state index contributed by atoms with van der Waals surface area (Å²) in [5, 5.41) is 3.11. The van der Waals surface area contributed by atoms with E-state index in [1.807, 2.05) is 0 Å². The number of nitrogens with one attached hydrogen (secondary N) is 1. The molecule has 0 aromatic carbocycles. The average Bonchev–Trinajstić information content (AvgIpc) is 3.02. The molecule has 0 saturated heterocycles. The van der Waals surface area contributed by atoms with Gasteiger partial charge >= 0.3 is 0 Å². The predicted octanol–water partition coefficient (Wildman–Crippen LogP) is 2.06. The number of carbonyl (C=O) groups is 1. The van der Waals surface area contributed by atoms with Crippen molar-refractivity contribution < 1.29 is 4.79 Å². The lowest BCUT2D eigenvalue weighted by Gasteiger charge is -2.13. The fraction of sp³-hybridized carbons (Fsp3) is 0.923.